The molecule has 136 valence electrons. The topological polar surface area (TPSA) is 73.9 Å². The van der Waals surface area contributed by atoms with Gasteiger partial charge in [-0.25, -0.2) is 9.59 Å². The van der Waals surface area contributed by atoms with E-state index in [1.165, 1.54) is 14.2 Å². The number of terminal acetylenes is 1. The largest absolute Gasteiger partial charge is 0.496 e. The minimum Gasteiger partial charge on any atom is -0.496 e. The fourth-order valence-corrected chi connectivity index (χ4v) is 3.05. The lowest BCUT2D eigenvalue weighted by atomic mass is 9.80. The summed E-state index contributed by atoms with van der Waals surface area (Å²) in [5, 5.41) is 3.05. The van der Waals surface area contributed by atoms with Crippen molar-refractivity contribution in [3.05, 3.63) is 52.4 Å². The third-order valence-corrected chi connectivity index (χ3v) is 4.12. The fraction of sp³-hybridized carbons (Fsp3) is 0.300. The van der Waals surface area contributed by atoms with E-state index in [2.05, 4.69) is 11.2 Å². The molecule has 1 heterocycles. The molecule has 26 heavy (non-hydrogen) atoms. The van der Waals surface area contributed by atoms with Gasteiger partial charge in [0.2, 0.25) is 0 Å². The van der Waals surface area contributed by atoms with Gasteiger partial charge < -0.3 is 19.5 Å². The molecule has 1 aromatic rings. The molecular formula is C20H21NO5. The fourth-order valence-electron chi connectivity index (χ4n) is 3.05. The number of carbonyl (C=O) groups excluding carboxylic acids is 2. The third-order valence-electron chi connectivity index (χ3n) is 4.12. The van der Waals surface area contributed by atoms with Crippen LogP contribution in [0.2, 0.25) is 0 Å². The van der Waals surface area contributed by atoms with Crippen molar-refractivity contribution in [2.75, 3.05) is 20.8 Å². The Morgan fingerprint density at radius 1 is 1.12 bits per heavy atom. The molecule has 1 N–H and O–H groups in total. The van der Waals surface area contributed by atoms with E-state index in [1.54, 1.807) is 26.0 Å². The van der Waals surface area contributed by atoms with E-state index in [9.17, 15) is 9.59 Å². The second kappa shape index (κ2) is 8.26. The van der Waals surface area contributed by atoms with Gasteiger partial charge in [-0.2, -0.15) is 0 Å². The van der Waals surface area contributed by atoms with Gasteiger partial charge >= 0.3 is 11.9 Å². The van der Waals surface area contributed by atoms with Crippen LogP contribution < -0.4 is 10.1 Å². The first-order chi connectivity index (χ1) is 12.5. The van der Waals surface area contributed by atoms with Crippen molar-refractivity contribution in [1.82, 2.24) is 5.32 Å². The second-order valence-corrected chi connectivity index (χ2v) is 5.65. The molecule has 1 aliphatic rings. The molecule has 1 aromatic carbocycles. The molecular weight excluding hydrogens is 334 g/mol. The number of methoxy groups -OCH3 is 2. The lowest BCUT2D eigenvalue weighted by Gasteiger charge is -2.30. The van der Waals surface area contributed by atoms with E-state index < -0.39 is 17.9 Å². The smallest absolute Gasteiger partial charge is 0.337 e. The number of benzene rings is 1. The number of dihydropyridines is 1. The molecule has 0 radical (unpaired) electrons. The maximum atomic E-state index is 12.7. The van der Waals surface area contributed by atoms with Crippen LogP contribution in [0.4, 0.5) is 0 Å². The average Bonchev–Trinajstić information content (AvgIpc) is 2.64. The number of nitrogens with one attached hydrogen (secondary N) is 1. The number of ether oxygens (including phenoxy) is 3. The Labute approximate surface area is 152 Å². The monoisotopic (exact) mass is 355 g/mol. The van der Waals surface area contributed by atoms with Crippen LogP contribution in [0.1, 0.15) is 25.3 Å². The number of rotatable bonds is 5. The Morgan fingerprint density at radius 3 is 2.31 bits per heavy atom. The Hall–Kier alpha value is -3.20. The van der Waals surface area contributed by atoms with Gasteiger partial charge in [-0.1, -0.05) is 24.1 Å². The van der Waals surface area contributed by atoms with Crippen LogP contribution in [-0.2, 0) is 19.1 Å². The number of allylic oxidation sites excluding steroid dienone is 2. The lowest BCUT2D eigenvalue weighted by Crippen LogP contribution is -2.32. The van der Waals surface area contributed by atoms with Gasteiger partial charge in [0.05, 0.1) is 31.3 Å². The zero-order valence-electron chi connectivity index (χ0n) is 15.2. The maximum Gasteiger partial charge on any atom is 0.337 e. The van der Waals surface area contributed by atoms with Crippen LogP contribution in [0.5, 0.6) is 5.75 Å². The Balaban J connectivity index is 2.69. The summed E-state index contributed by atoms with van der Waals surface area (Å²) in [6.07, 6.45) is 5.19. The van der Waals surface area contributed by atoms with E-state index in [4.69, 9.17) is 20.6 Å². The van der Waals surface area contributed by atoms with Crippen LogP contribution in [-0.4, -0.2) is 32.8 Å². The van der Waals surface area contributed by atoms with Crippen molar-refractivity contribution in [2.24, 2.45) is 0 Å². The number of esters is 2. The first-order valence-corrected chi connectivity index (χ1v) is 7.96. The van der Waals surface area contributed by atoms with Crippen LogP contribution >= 0.6 is 0 Å². The highest BCUT2D eigenvalue weighted by atomic mass is 16.5. The molecule has 6 heteroatoms. The molecule has 1 unspecified atom stereocenters. The standard InChI is InChI=1S/C20H21NO5/c1-6-11-26-20(23)17-13(3)21-12(2)16(19(22)25-5)18(17)14-9-7-8-10-15(14)24-4/h1,7-10,18,21H,11H2,2-5H3. The summed E-state index contributed by atoms with van der Waals surface area (Å²) in [5.41, 5.74) is 2.43. The van der Waals surface area contributed by atoms with Gasteiger partial charge in [0, 0.05) is 17.0 Å². The van der Waals surface area contributed by atoms with E-state index in [-0.39, 0.29) is 12.2 Å². The molecule has 0 saturated heterocycles. The quantitative estimate of drug-likeness (QED) is 0.645. The SMILES string of the molecule is C#CCOC(=O)C1=C(C)NC(C)=C(C(=O)OC)C1c1ccccc1OC. The average molecular weight is 355 g/mol. The zero-order valence-corrected chi connectivity index (χ0v) is 15.2. The highest BCUT2D eigenvalue weighted by molar-refractivity contribution is 6.00. The highest BCUT2D eigenvalue weighted by Crippen LogP contribution is 2.42. The van der Waals surface area contributed by atoms with Gasteiger partial charge in [-0.05, 0) is 19.9 Å². The van der Waals surface area contributed by atoms with E-state index in [0.717, 1.165) is 0 Å². The molecule has 6 nitrogen and oxygen atoms in total. The van der Waals surface area contributed by atoms with Crippen molar-refractivity contribution >= 4 is 11.9 Å². The minimum absolute atomic E-state index is 0.162. The summed E-state index contributed by atoms with van der Waals surface area (Å²) < 4.78 is 15.5. The molecule has 1 aliphatic heterocycles. The first kappa shape index (κ1) is 19.1. The third kappa shape index (κ3) is 3.57. The molecule has 0 saturated carbocycles. The highest BCUT2D eigenvalue weighted by Gasteiger charge is 2.39. The summed E-state index contributed by atoms with van der Waals surface area (Å²) in [6.45, 7) is 3.33. The van der Waals surface area contributed by atoms with Gasteiger partial charge in [-0.3, -0.25) is 0 Å². The zero-order chi connectivity index (χ0) is 19.3. The Bertz CT molecular complexity index is 829. The van der Waals surface area contributed by atoms with Crippen molar-refractivity contribution in [1.29, 1.82) is 0 Å². The van der Waals surface area contributed by atoms with E-state index in [1.807, 2.05) is 12.1 Å². The predicted octanol–water partition coefficient (Wildman–Crippen LogP) is 2.28. The number of hydrogen-bond acceptors (Lipinski definition) is 6. The van der Waals surface area contributed by atoms with Crippen LogP contribution in [0, 0.1) is 12.3 Å². The van der Waals surface area contributed by atoms with Crippen molar-refractivity contribution in [3.63, 3.8) is 0 Å². The van der Waals surface area contributed by atoms with Crippen LogP contribution in [0.25, 0.3) is 0 Å². The van der Waals surface area contributed by atoms with Crippen LogP contribution in [0.15, 0.2) is 46.8 Å². The normalized spacial score (nSPS) is 16.5. The van der Waals surface area contributed by atoms with E-state index >= 15 is 0 Å². The summed E-state index contributed by atoms with van der Waals surface area (Å²) >= 11 is 0. The number of hydrogen-bond donors (Lipinski definition) is 1. The Morgan fingerprint density at radius 2 is 1.73 bits per heavy atom. The predicted molar refractivity (Wildman–Crippen MR) is 96.1 cm³/mol. The summed E-state index contributed by atoms with van der Waals surface area (Å²) in [4.78, 5) is 25.2. The maximum absolute atomic E-state index is 12.7. The molecule has 0 aromatic heterocycles. The molecule has 0 aliphatic carbocycles. The summed E-state index contributed by atoms with van der Waals surface area (Å²) in [5.74, 6) is 0.970. The number of para-hydroxylation sites is 1. The molecule has 1 atom stereocenters. The molecule has 0 fully saturated rings. The van der Waals surface area contributed by atoms with Crippen molar-refractivity contribution < 1.29 is 23.8 Å². The van der Waals surface area contributed by atoms with Crippen molar-refractivity contribution in [2.45, 2.75) is 19.8 Å². The number of carbonyl (C=O) groups is 2. The lowest BCUT2D eigenvalue weighted by molar-refractivity contribution is -0.138. The van der Waals surface area contributed by atoms with Crippen molar-refractivity contribution in [3.8, 4) is 18.1 Å². The van der Waals surface area contributed by atoms with Gasteiger partial charge in [0.15, 0.2) is 6.61 Å². The summed E-state index contributed by atoms with van der Waals surface area (Å²) in [7, 11) is 2.82. The van der Waals surface area contributed by atoms with Gasteiger partial charge in [0.1, 0.15) is 5.75 Å². The second-order valence-electron chi connectivity index (χ2n) is 5.65. The molecule has 0 amide bonds. The molecule has 2 rings (SSSR count). The minimum atomic E-state index is -0.704. The first-order valence-electron chi connectivity index (χ1n) is 7.96. The van der Waals surface area contributed by atoms with Crippen LogP contribution in [0.3, 0.4) is 0 Å². The van der Waals surface area contributed by atoms with E-state index in [0.29, 0.717) is 28.3 Å². The Kier molecular flexibility index (Phi) is 6.07. The molecule has 0 spiro atoms. The molecule has 0 bridgehead atoms. The van der Waals surface area contributed by atoms with Gasteiger partial charge in [-0.15, -0.1) is 6.42 Å². The summed E-state index contributed by atoms with van der Waals surface area (Å²) in [6, 6.07) is 7.18. The van der Waals surface area contributed by atoms with Gasteiger partial charge in [0.25, 0.3) is 0 Å².